The van der Waals surface area contributed by atoms with Crippen molar-refractivity contribution in [2.24, 2.45) is 0 Å². The Labute approximate surface area is 95.9 Å². The Morgan fingerprint density at radius 1 is 1.25 bits per heavy atom. The number of imidazole rings is 1. The van der Waals surface area contributed by atoms with Crippen molar-refractivity contribution in [1.29, 1.82) is 0 Å². The summed E-state index contributed by atoms with van der Waals surface area (Å²) in [5, 5.41) is 0. The Bertz CT molecular complexity index is 445. The van der Waals surface area contributed by atoms with Crippen LogP contribution in [0.25, 0.3) is 0 Å². The number of hydrogen-bond acceptors (Lipinski definition) is 2. The van der Waals surface area contributed by atoms with E-state index in [1.54, 1.807) is 0 Å². The fourth-order valence-electron chi connectivity index (χ4n) is 1.77. The molecule has 1 aromatic heterocycles. The molecule has 0 aliphatic rings. The SMILES string of the molecule is CCCc1ncn(Cc2ccccc2)c1N. The Hall–Kier alpha value is -1.77. The Kier molecular flexibility index (Phi) is 3.25. The van der Waals surface area contributed by atoms with Crippen LogP contribution in [0, 0.1) is 0 Å². The zero-order chi connectivity index (χ0) is 11.4. The molecule has 1 aromatic carbocycles. The van der Waals surface area contributed by atoms with E-state index < -0.39 is 0 Å². The summed E-state index contributed by atoms with van der Waals surface area (Å²) in [5.74, 6) is 0.797. The van der Waals surface area contributed by atoms with Crippen molar-refractivity contribution in [2.75, 3.05) is 5.73 Å². The van der Waals surface area contributed by atoms with E-state index in [-0.39, 0.29) is 0 Å². The van der Waals surface area contributed by atoms with Gasteiger partial charge >= 0.3 is 0 Å². The molecule has 16 heavy (non-hydrogen) atoms. The highest BCUT2D eigenvalue weighted by atomic mass is 15.1. The van der Waals surface area contributed by atoms with Crippen LogP contribution in [-0.2, 0) is 13.0 Å². The highest BCUT2D eigenvalue weighted by molar-refractivity contribution is 5.37. The third-order valence-corrected chi connectivity index (χ3v) is 2.64. The molecule has 0 unspecified atom stereocenters. The summed E-state index contributed by atoms with van der Waals surface area (Å²) in [6.07, 6.45) is 3.85. The molecule has 0 bridgehead atoms. The van der Waals surface area contributed by atoms with Crippen LogP contribution in [0.2, 0.25) is 0 Å². The van der Waals surface area contributed by atoms with E-state index in [1.165, 1.54) is 5.56 Å². The molecule has 0 saturated heterocycles. The van der Waals surface area contributed by atoms with Gasteiger partial charge in [-0.15, -0.1) is 0 Å². The van der Waals surface area contributed by atoms with Gasteiger partial charge in [-0.2, -0.15) is 0 Å². The number of benzene rings is 1. The monoisotopic (exact) mass is 215 g/mol. The lowest BCUT2D eigenvalue weighted by atomic mass is 10.2. The van der Waals surface area contributed by atoms with E-state index in [4.69, 9.17) is 5.73 Å². The topological polar surface area (TPSA) is 43.8 Å². The zero-order valence-corrected chi connectivity index (χ0v) is 9.56. The van der Waals surface area contributed by atoms with Gasteiger partial charge in [0.1, 0.15) is 5.82 Å². The molecule has 0 saturated carbocycles. The molecule has 0 fully saturated rings. The highest BCUT2D eigenvalue weighted by Gasteiger charge is 2.06. The minimum atomic E-state index is 0.795. The van der Waals surface area contributed by atoms with Crippen molar-refractivity contribution < 1.29 is 0 Å². The maximum Gasteiger partial charge on any atom is 0.126 e. The molecular weight excluding hydrogens is 198 g/mol. The lowest BCUT2D eigenvalue weighted by molar-refractivity contribution is 0.806. The molecule has 2 rings (SSSR count). The van der Waals surface area contributed by atoms with E-state index in [1.807, 2.05) is 29.1 Å². The van der Waals surface area contributed by atoms with Crippen LogP contribution in [-0.4, -0.2) is 9.55 Å². The van der Waals surface area contributed by atoms with Crippen molar-refractivity contribution >= 4 is 5.82 Å². The summed E-state index contributed by atoms with van der Waals surface area (Å²) >= 11 is 0. The van der Waals surface area contributed by atoms with Gasteiger partial charge in [-0.05, 0) is 12.0 Å². The molecule has 3 nitrogen and oxygen atoms in total. The highest BCUT2D eigenvalue weighted by Crippen LogP contribution is 2.14. The van der Waals surface area contributed by atoms with Gasteiger partial charge in [0.15, 0.2) is 0 Å². The minimum absolute atomic E-state index is 0.795. The van der Waals surface area contributed by atoms with E-state index in [0.29, 0.717) is 0 Å². The zero-order valence-electron chi connectivity index (χ0n) is 9.56. The lowest BCUT2D eigenvalue weighted by Gasteiger charge is -2.05. The summed E-state index contributed by atoms with van der Waals surface area (Å²) in [5.41, 5.74) is 8.30. The van der Waals surface area contributed by atoms with Crippen LogP contribution in [0.15, 0.2) is 36.7 Å². The summed E-state index contributed by atoms with van der Waals surface area (Å²) in [7, 11) is 0. The van der Waals surface area contributed by atoms with E-state index in [0.717, 1.165) is 30.9 Å². The molecule has 0 amide bonds. The minimum Gasteiger partial charge on any atom is -0.384 e. The number of aromatic nitrogens is 2. The molecular formula is C13H17N3. The molecule has 2 aromatic rings. The van der Waals surface area contributed by atoms with Crippen molar-refractivity contribution in [1.82, 2.24) is 9.55 Å². The Morgan fingerprint density at radius 2 is 2.00 bits per heavy atom. The number of nitrogens with zero attached hydrogens (tertiary/aromatic N) is 2. The molecule has 0 radical (unpaired) electrons. The van der Waals surface area contributed by atoms with E-state index in [9.17, 15) is 0 Å². The van der Waals surface area contributed by atoms with Crippen molar-refractivity contribution in [3.63, 3.8) is 0 Å². The number of hydrogen-bond donors (Lipinski definition) is 1. The second-order valence-electron chi connectivity index (χ2n) is 3.94. The molecule has 2 N–H and O–H groups in total. The average molecular weight is 215 g/mol. The van der Waals surface area contributed by atoms with Gasteiger partial charge in [0.05, 0.1) is 18.6 Å². The number of aryl methyl sites for hydroxylation is 1. The van der Waals surface area contributed by atoms with E-state index in [2.05, 4.69) is 24.0 Å². The third kappa shape index (κ3) is 2.24. The molecule has 0 aliphatic heterocycles. The van der Waals surface area contributed by atoms with Crippen molar-refractivity contribution in [3.05, 3.63) is 47.9 Å². The predicted molar refractivity (Wildman–Crippen MR) is 66.2 cm³/mol. The first-order valence-corrected chi connectivity index (χ1v) is 5.64. The van der Waals surface area contributed by atoms with Gasteiger partial charge < -0.3 is 10.3 Å². The molecule has 0 atom stereocenters. The third-order valence-electron chi connectivity index (χ3n) is 2.64. The molecule has 0 aliphatic carbocycles. The maximum atomic E-state index is 6.04. The fraction of sp³-hybridized carbons (Fsp3) is 0.308. The maximum absolute atomic E-state index is 6.04. The van der Waals surface area contributed by atoms with Crippen LogP contribution >= 0.6 is 0 Å². The Morgan fingerprint density at radius 3 is 2.69 bits per heavy atom. The standard InChI is InChI=1S/C13H17N3/c1-2-6-12-13(14)16(10-15-12)9-11-7-4-3-5-8-11/h3-5,7-8,10H,2,6,9,14H2,1H3. The second-order valence-corrected chi connectivity index (χ2v) is 3.94. The molecule has 1 heterocycles. The quantitative estimate of drug-likeness (QED) is 0.851. The number of rotatable bonds is 4. The van der Waals surface area contributed by atoms with Crippen LogP contribution in [0.4, 0.5) is 5.82 Å². The number of anilines is 1. The van der Waals surface area contributed by atoms with Gasteiger partial charge in [0.25, 0.3) is 0 Å². The van der Waals surface area contributed by atoms with Crippen LogP contribution in [0.3, 0.4) is 0 Å². The Balaban J connectivity index is 2.16. The van der Waals surface area contributed by atoms with Gasteiger partial charge in [-0.25, -0.2) is 4.98 Å². The van der Waals surface area contributed by atoms with Crippen LogP contribution in [0.5, 0.6) is 0 Å². The summed E-state index contributed by atoms with van der Waals surface area (Å²) in [6.45, 7) is 2.93. The lowest BCUT2D eigenvalue weighted by Crippen LogP contribution is -2.04. The fourth-order valence-corrected chi connectivity index (χ4v) is 1.77. The summed E-state index contributed by atoms with van der Waals surface area (Å²) in [6, 6.07) is 10.3. The van der Waals surface area contributed by atoms with Crippen molar-refractivity contribution in [3.8, 4) is 0 Å². The predicted octanol–water partition coefficient (Wildman–Crippen LogP) is 2.47. The van der Waals surface area contributed by atoms with Crippen LogP contribution in [0.1, 0.15) is 24.6 Å². The normalized spacial score (nSPS) is 10.6. The first-order chi connectivity index (χ1) is 7.81. The van der Waals surface area contributed by atoms with Gasteiger partial charge in [0, 0.05) is 0 Å². The van der Waals surface area contributed by atoms with E-state index >= 15 is 0 Å². The van der Waals surface area contributed by atoms with Gasteiger partial charge in [0.2, 0.25) is 0 Å². The summed E-state index contributed by atoms with van der Waals surface area (Å²) < 4.78 is 2.00. The summed E-state index contributed by atoms with van der Waals surface area (Å²) in [4.78, 5) is 4.34. The largest absolute Gasteiger partial charge is 0.384 e. The van der Waals surface area contributed by atoms with Gasteiger partial charge in [-0.3, -0.25) is 0 Å². The average Bonchev–Trinajstić information content (AvgIpc) is 2.64. The van der Waals surface area contributed by atoms with Crippen molar-refractivity contribution in [2.45, 2.75) is 26.3 Å². The molecule has 84 valence electrons. The molecule has 0 spiro atoms. The number of nitrogen functional groups attached to an aromatic ring is 1. The molecule has 3 heteroatoms. The first kappa shape index (κ1) is 10.7. The number of nitrogens with two attached hydrogens (primary N) is 1. The first-order valence-electron chi connectivity index (χ1n) is 5.64. The van der Waals surface area contributed by atoms with Crippen LogP contribution < -0.4 is 5.73 Å². The second kappa shape index (κ2) is 4.84. The smallest absolute Gasteiger partial charge is 0.126 e. The van der Waals surface area contributed by atoms with Gasteiger partial charge in [-0.1, -0.05) is 43.7 Å².